The molecule has 2 unspecified atom stereocenters. The average molecular weight is 239 g/mol. The Morgan fingerprint density at radius 3 is 2.24 bits per heavy atom. The molecule has 1 saturated heterocycles. The maximum atomic E-state index is 9.62. The van der Waals surface area contributed by atoms with Gasteiger partial charge in [-0.1, -0.05) is 18.2 Å². The van der Waals surface area contributed by atoms with Crippen LogP contribution in [-0.2, 0) is 6.54 Å². The number of hydrogen-bond acceptors (Lipinski definition) is 5. The second kappa shape index (κ2) is 5.01. The summed E-state index contributed by atoms with van der Waals surface area (Å²) in [7, 11) is 0. The summed E-state index contributed by atoms with van der Waals surface area (Å²) in [6.45, 7) is 1.01. The van der Waals surface area contributed by atoms with Crippen LogP contribution in [-0.4, -0.2) is 56.7 Å². The lowest BCUT2D eigenvalue weighted by Crippen LogP contribution is -2.54. The van der Waals surface area contributed by atoms with Crippen LogP contribution in [0.15, 0.2) is 24.3 Å². The van der Waals surface area contributed by atoms with Gasteiger partial charge >= 0.3 is 0 Å². The third-order valence-electron chi connectivity index (χ3n) is 3.06. The first kappa shape index (κ1) is 12.3. The largest absolute Gasteiger partial charge is 0.508 e. The van der Waals surface area contributed by atoms with Crippen LogP contribution in [0.3, 0.4) is 0 Å². The zero-order valence-corrected chi connectivity index (χ0v) is 9.40. The van der Waals surface area contributed by atoms with Gasteiger partial charge in [-0.05, 0) is 6.07 Å². The molecule has 1 aromatic rings. The third-order valence-corrected chi connectivity index (χ3v) is 3.06. The molecular weight excluding hydrogens is 222 g/mol. The van der Waals surface area contributed by atoms with Crippen LogP contribution >= 0.6 is 0 Å². The van der Waals surface area contributed by atoms with Gasteiger partial charge in [-0.25, -0.2) is 0 Å². The third kappa shape index (κ3) is 2.76. The number of hydrogen-bond donors (Lipinski definition) is 4. The van der Waals surface area contributed by atoms with Crippen molar-refractivity contribution in [3.8, 4) is 5.75 Å². The standard InChI is InChI=1S/C12H17NO4/c14-9-4-2-1-3-8(9)5-13-6-10(15)12(17)11(16)7-13/h1-4,10-12,14-17H,5-7H2. The van der Waals surface area contributed by atoms with Crippen LogP contribution < -0.4 is 0 Å². The minimum atomic E-state index is -1.09. The molecule has 2 rings (SSSR count). The molecule has 0 aromatic heterocycles. The molecule has 1 aliphatic heterocycles. The van der Waals surface area contributed by atoms with Crippen molar-refractivity contribution in [1.29, 1.82) is 0 Å². The van der Waals surface area contributed by atoms with Gasteiger partial charge in [0, 0.05) is 25.2 Å². The molecule has 4 N–H and O–H groups in total. The predicted molar refractivity (Wildman–Crippen MR) is 61.4 cm³/mol. The van der Waals surface area contributed by atoms with Crippen molar-refractivity contribution in [3.05, 3.63) is 29.8 Å². The first-order chi connectivity index (χ1) is 8.08. The number of benzene rings is 1. The molecule has 2 atom stereocenters. The van der Waals surface area contributed by atoms with E-state index < -0.39 is 18.3 Å². The van der Waals surface area contributed by atoms with Crippen LogP contribution in [0, 0.1) is 0 Å². The van der Waals surface area contributed by atoms with Crippen molar-refractivity contribution < 1.29 is 20.4 Å². The van der Waals surface area contributed by atoms with E-state index in [4.69, 9.17) is 0 Å². The SMILES string of the molecule is Oc1ccccc1CN1CC(O)C(O)C(O)C1. The maximum Gasteiger partial charge on any atom is 0.120 e. The lowest BCUT2D eigenvalue weighted by atomic mass is 10.0. The summed E-state index contributed by atoms with van der Waals surface area (Å²) in [4.78, 5) is 1.80. The number of aliphatic hydroxyl groups is 3. The van der Waals surface area contributed by atoms with Gasteiger partial charge in [0.25, 0.3) is 0 Å². The summed E-state index contributed by atoms with van der Waals surface area (Å²) in [5.74, 6) is 0.197. The zero-order valence-electron chi connectivity index (χ0n) is 9.40. The first-order valence-corrected chi connectivity index (χ1v) is 5.61. The molecule has 5 heteroatoms. The number of aromatic hydroxyl groups is 1. The molecule has 0 radical (unpaired) electrons. The Morgan fingerprint density at radius 1 is 1.06 bits per heavy atom. The van der Waals surface area contributed by atoms with Crippen LogP contribution in [0.1, 0.15) is 5.56 Å². The number of aliphatic hydroxyl groups excluding tert-OH is 3. The zero-order chi connectivity index (χ0) is 12.4. The Morgan fingerprint density at radius 2 is 1.65 bits per heavy atom. The van der Waals surface area contributed by atoms with Crippen molar-refractivity contribution >= 4 is 0 Å². The Hall–Kier alpha value is -1.14. The highest BCUT2D eigenvalue weighted by Gasteiger charge is 2.33. The minimum absolute atomic E-state index is 0.197. The van der Waals surface area contributed by atoms with Crippen LogP contribution in [0.25, 0.3) is 0 Å². The molecule has 0 saturated carbocycles. The maximum absolute atomic E-state index is 9.62. The molecule has 0 aliphatic carbocycles. The van der Waals surface area contributed by atoms with E-state index in [9.17, 15) is 20.4 Å². The number of β-amino-alcohol motifs (C(OH)–C–C–N with tert-alkyl or cyclic N) is 2. The second-order valence-corrected chi connectivity index (χ2v) is 4.45. The molecule has 0 amide bonds. The molecule has 1 heterocycles. The Kier molecular flexibility index (Phi) is 3.63. The number of likely N-dealkylation sites (tertiary alicyclic amines) is 1. The Labute approximate surface area is 99.6 Å². The van der Waals surface area contributed by atoms with Crippen molar-refractivity contribution in [2.45, 2.75) is 24.9 Å². The highest BCUT2D eigenvalue weighted by atomic mass is 16.4. The molecule has 0 spiro atoms. The molecular formula is C12H17NO4. The second-order valence-electron chi connectivity index (χ2n) is 4.45. The minimum Gasteiger partial charge on any atom is -0.508 e. The summed E-state index contributed by atoms with van der Waals surface area (Å²) in [5, 5.41) is 38.1. The highest BCUT2D eigenvalue weighted by molar-refractivity contribution is 5.31. The van der Waals surface area contributed by atoms with Crippen LogP contribution in [0.4, 0.5) is 0 Å². The highest BCUT2D eigenvalue weighted by Crippen LogP contribution is 2.20. The van der Waals surface area contributed by atoms with Crippen molar-refractivity contribution in [1.82, 2.24) is 4.90 Å². The monoisotopic (exact) mass is 239 g/mol. The van der Waals surface area contributed by atoms with E-state index in [2.05, 4.69) is 0 Å². The number of para-hydroxylation sites is 1. The summed E-state index contributed by atoms with van der Waals surface area (Å²) in [5.41, 5.74) is 0.739. The predicted octanol–water partition coefficient (Wildman–Crippen LogP) is -0.710. The summed E-state index contributed by atoms with van der Waals surface area (Å²) >= 11 is 0. The number of phenolic OH excluding ortho intramolecular Hbond substituents is 1. The molecule has 17 heavy (non-hydrogen) atoms. The van der Waals surface area contributed by atoms with Gasteiger partial charge in [0.1, 0.15) is 11.9 Å². The molecule has 1 aliphatic rings. The van der Waals surface area contributed by atoms with Gasteiger partial charge in [0.15, 0.2) is 0 Å². The quantitative estimate of drug-likeness (QED) is 0.548. The van der Waals surface area contributed by atoms with Gasteiger partial charge in [-0.3, -0.25) is 4.90 Å². The van der Waals surface area contributed by atoms with Gasteiger partial charge < -0.3 is 20.4 Å². The molecule has 94 valence electrons. The van der Waals surface area contributed by atoms with E-state index in [0.29, 0.717) is 6.54 Å². The molecule has 1 aromatic carbocycles. The molecule has 1 fully saturated rings. The van der Waals surface area contributed by atoms with E-state index in [-0.39, 0.29) is 18.8 Å². The average Bonchev–Trinajstić information content (AvgIpc) is 2.29. The van der Waals surface area contributed by atoms with E-state index in [0.717, 1.165) is 5.56 Å². The first-order valence-electron chi connectivity index (χ1n) is 5.61. The summed E-state index contributed by atoms with van der Waals surface area (Å²) in [6.07, 6.45) is -3.00. The fraction of sp³-hybridized carbons (Fsp3) is 0.500. The molecule has 5 nitrogen and oxygen atoms in total. The number of rotatable bonds is 2. The Bertz CT molecular complexity index is 373. The number of phenols is 1. The topological polar surface area (TPSA) is 84.2 Å². The van der Waals surface area contributed by atoms with Crippen LogP contribution in [0.5, 0.6) is 5.75 Å². The van der Waals surface area contributed by atoms with Gasteiger partial charge in [0.05, 0.1) is 12.2 Å². The van der Waals surface area contributed by atoms with E-state index in [1.54, 1.807) is 23.1 Å². The number of nitrogens with zero attached hydrogens (tertiary/aromatic N) is 1. The van der Waals surface area contributed by atoms with E-state index >= 15 is 0 Å². The normalized spacial score (nSPS) is 30.4. The summed E-state index contributed by atoms with van der Waals surface area (Å²) < 4.78 is 0. The smallest absolute Gasteiger partial charge is 0.120 e. The van der Waals surface area contributed by atoms with Gasteiger partial charge in [-0.15, -0.1) is 0 Å². The Balaban J connectivity index is 2.03. The molecule has 0 bridgehead atoms. The van der Waals surface area contributed by atoms with Crippen molar-refractivity contribution in [2.24, 2.45) is 0 Å². The van der Waals surface area contributed by atoms with E-state index in [1.165, 1.54) is 0 Å². The fourth-order valence-electron chi connectivity index (χ4n) is 2.09. The van der Waals surface area contributed by atoms with Gasteiger partial charge in [-0.2, -0.15) is 0 Å². The lowest BCUT2D eigenvalue weighted by Gasteiger charge is -2.36. The fourth-order valence-corrected chi connectivity index (χ4v) is 2.09. The lowest BCUT2D eigenvalue weighted by molar-refractivity contribution is -0.111. The number of piperidine rings is 1. The van der Waals surface area contributed by atoms with Crippen molar-refractivity contribution in [3.63, 3.8) is 0 Å². The van der Waals surface area contributed by atoms with Crippen molar-refractivity contribution in [2.75, 3.05) is 13.1 Å². The van der Waals surface area contributed by atoms with Gasteiger partial charge in [0.2, 0.25) is 0 Å². The summed E-state index contributed by atoms with van der Waals surface area (Å²) in [6, 6.07) is 6.95. The van der Waals surface area contributed by atoms with Crippen LogP contribution in [0.2, 0.25) is 0 Å². The van der Waals surface area contributed by atoms with E-state index in [1.807, 2.05) is 6.07 Å².